The number of anilines is 1. The highest BCUT2D eigenvalue weighted by Gasteiger charge is 2.14. The molecule has 0 saturated heterocycles. The molecule has 2 aromatic rings. The minimum atomic E-state index is 0.403. The van der Waals surface area contributed by atoms with E-state index < -0.39 is 0 Å². The van der Waals surface area contributed by atoms with Crippen LogP contribution in [0.2, 0.25) is 0 Å². The van der Waals surface area contributed by atoms with Crippen LogP contribution in [0.4, 0.5) is 5.82 Å². The van der Waals surface area contributed by atoms with Crippen molar-refractivity contribution in [3.05, 3.63) is 18.0 Å². The Morgan fingerprint density at radius 3 is 2.60 bits per heavy atom. The van der Waals surface area contributed by atoms with Crippen molar-refractivity contribution in [3.63, 3.8) is 0 Å². The van der Waals surface area contributed by atoms with Gasteiger partial charge in [0.15, 0.2) is 5.65 Å². The maximum absolute atomic E-state index is 5.60. The highest BCUT2D eigenvalue weighted by Crippen LogP contribution is 2.23. The average molecular weight is 204 g/mol. The number of rotatable bonds is 2. The Balaban J connectivity index is 2.47. The topological polar surface area (TPSA) is 67.6 Å². The van der Waals surface area contributed by atoms with E-state index in [9.17, 15) is 0 Å². The van der Waals surface area contributed by atoms with Crippen LogP contribution in [0.1, 0.15) is 32.5 Å². The van der Waals surface area contributed by atoms with Crippen molar-refractivity contribution in [2.24, 2.45) is 5.92 Å². The van der Waals surface area contributed by atoms with Gasteiger partial charge in [-0.25, -0.2) is 9.97 Å². The molecule has 2 heterocycles. The number of hydrogen-bond acceptors (Lipinski definition) is 3. The van der Waals surface area contributed by atoms with Crippen molar-refractivity contribution >= 4 is 17.0 Å². The summed E-state index contributed by atoms with van der Waals surface area (Å²) in [4.78, 5) is 11.9. The number of nitrogens with zero attached hydrogens (tertiary/aromatic N) is 2. The number of aromatic amines is 1. The van der Waals surface area contributed by atoms with Gasteiger partial charge in [-0.3, -0.25) is 0 Å². The fourth-order valence-corrected chi connectivity index (χ4v) is 1.46. The molecule has 4 nitrogen and oxygen atoms in total. The molecule has 2 aromatic heterocycles. The lowest BCUT2D eigenvalue weighted by Crippen LogP contribution is -2.03. The van der Waals surface area contributed by atoms with Crippen molar-refractivity contribution in [1.82, 2.24) is 15.0 Å². The van der Waals surface area contributed by atoms with Crippen molar-refractivity contribution in [2.75, 3.05) is 5.73 Å². The smallest absolute Gasteiger partial charge is 0.179 e. The molecular weight excluding hydrogens is 188 g/mol. The Labute approximate surface area is 88.9 Å². The molecule has 0 amide bonds. The Kier molecular flexibility index (Phi) is 2.34. The molecule has 0 aromatic carbocycles. The molecule has 15 heavy (non-hydrogen) atoms. The van der Waals surface area contributed by atoms with Gasteiger partial charge in [0.1, 0.15) is 11.6 Å². The summed E-state index contributed by atoms with van der Waals surface area (Å²) in [7, 11) is 0. The predicted molar refractivity (Wildman–Crippen MR) is 61.6 cm³/mol. The van der Waals surface area contributed by atoms with E-state index in [-0.39, 0.29) is 0 Å². The summed E-state index contributed by atoms with van der Waals surface area (Å²) in [5, 5.41) is 0. The van der Waals surface area contributed by atoms with Gasteiger partial charge in [-0.05, 0) is 18.1 Å². The van der Waals surface area contributed by atoms with Gasteiger partial charge in [-0.2, -0.15) is 0 Å². The van der Waals surface area contributed by atoms with Crippen LogP contribution in [0.5, 0.6) is 0 Å². The van der Waals surface area contributed by atoms with Gasteiger partial charge >= 0.3 is 0 Å². The van der Waals surface area contributed by atoms with Gasteiger partial charge in [-0.1, -0.05) is 20.8 Å². The van der Waals surface area contributed by atoms with Crippen LogP contribution < -0.4 is 5.73 Å². The monoisotopic (exact) mass is 204 g/mol. The van der Waals surface area contributed by atoms with Crippen molar-refractivity contribution in [3.8, 4) is 0 Å². The number of nitrogens with two attached hydrogens (primary N) is 1. The lowest BCUT2D eigenvalue weighted by molar-refractivity contribution is 0.515. The standard InChI is InChI=1S/C11H16N4/c1-6(2)7(3)10-13-8-4-5-9(12)14-11(8)15-10/h4-7H,1-3H3,(H3,12,13,14,15). The summed E-state index contributed by atoms with van der Waals surface area (Å²) in [6.45, 7) is 6.52. The van der Waals surface area contributed by atoms with Crippen LogP contribution in [-0.4, -0.2) is 15.0 Å². The van der Waals surface area contributed by atoms with Gasteiger partial charge in [0.05, 0.1) is 5.52 Å². The molecule has 0 fully saturated rings. The molecule has 1 atom stereocenters. The maximum atomic E-state index is 5.60. The van der Waals surface area contributed by atoms with E-state index in [2.05, 4.69) is 35.7 Å². The number of fused-ring (bicyclic) bond motifs is 1. The molecule has 2 rings (SSSR count). The molecule has 4 heteroatoms. The quantitative estimate of drug-likeness (QED) is 0.788. The van der Waals surface area contributed by atoms with E-state index in [1.165, 1.54) is 0 Å². The minimum absolute atomic E-state index is 0.403. The zero-order chi connectivity index (χ0) is 11.0. The second-order valence-corrected chi connectivity index (χ2v) is 4.26. The fraction of sp³-hybridized carbons (Fsp3) is 0.455. The molecule has 1 unspecified atom stereocenters. The maximum Gasteiger partial charge on any atom is 0.179 e. The molecule has 3 N–H and O–H groups in total. The molecule has 0 bridgehead atoms. The summed E-state index contributed by atoms with van der Waals surface area (Å²) < 4.78 is 0. The number of aromatic nitrogens is 3. The first-order chi connectivity index (χ1) is 7.08. The van der Waals surface area contributed by atoms with Gasteiger partial charge in [-0.15, -0.1) is 0 Å². The first kappa shape index (κ1) is 9.96. The third kappa shape index (κ3) is 1.79. The third-order valence-electron chi connectivity index (χ3n) is 2.82. The van der Waals surface area contributed by atoms with Crippen LogP contribution in [-0.2, 0) is 0 Å². The largest absolute Gasteiger partial charge is 0.384 e. The Hall–Kier alpha value is -1.58. The summed E-state index contributed by atoms with van der Waals surface area (Å²) in [5.74, 6) is 2.46. The molecular formula is C11H16N4. The van der Waals surface area contributed by atoms with Crippen molar-refractivity contribution in [1.29, 1.82) is 0 Å². The zero-order valence-corrected chi connectivity index (χ0v) is 9.28. The SMILES string of the molecule is CC(C)C(C)c1nc2nc(N)ccc2[nH]1. The molecule has 0 aliphatic rings. The Morgan fingerprint density at radius 2 is 1.93 bits per heavy atom. The van der Waals surface area contributed by atoms with Gasteiger partial charge in [0.2, 0.25) is 0 Å². The van der Waals surface area contributed by atoms with E-state index in [1.54, 1.807) is 6.07 Å². The van der Waals surface area contributed by atoms with E-state index >= 15 is 0 Å². The third-order valence-corrected chi connectivity index (χ3v) is 2.82. The summed E-state index contributed by atoms with van der Waals surface area (Å²) in [6.07, 6.45) is 0. The van der Waals surface area contributed by atoms with Gasteiger partial charge in [0.25, 0.3) is 0 Å². The summed E-state index contributed by atoms with van der Waals surface area (Å²) in [5.41, 5.74) is 7.26. The minimum Gasteiger partial charge on any atom is -0.384 e. The summed E-state index contributed by atoms with van der Waals surface area (Å²) >= 11 is 0. The number of H-pyrrole nitrogens is 1. The average Bonchev–Trinajstić information content (AvgIpc) is 2.58. The lowest BCUT2D eigenvalue weighted by Gasteiger charge is -2.11. The van der Waals surface area contributed by atoms with Crippen LogP contribution in [0, 0.1) is 5.92 Å². The highest BCUT2D eigenvalue weighted by atomic mass is 15.0. The van der Waals surface area contributed by atoms with E-state index in [0.717, 1.165) is 11.3 Å². The Bertz CT molecular complexity index is 472. The van der Waals surface area contributed by atoms with Crippen LogP contribution in [0.25, 0.3) is 11.2 Å². The van der Waals surface area contributed by atoms with Gasteiger partial charge in [0, 0.05) is 5.92 Å². The normalized spacial score (nSPS) is 13.6. The molecule has 0 saturated carbocycles. The second kappa shape index (κ2) is 3.53. The van der Waals surface area contributed by atoms with E-state index in [1.807, 2.05) is 6.07 Å². The zero-order valence-electron chi connectivity index (χ0n) is 9.28. The number of hydrogen-bond donors (Lipinski definition) is 2. The predicted octanol–water partition coefficient (Wildman–Crippen LogP) is 2.30. The van der Waals surface area contributed by atoms with Crippen molar-refractivity contribution < 1.29 is 0 Å². The highest BCUT2D eigenvalue weighted by molar-refractivity contribution is 5.72. The number of nitrogens with one attached hydrogen (secondary N) is 1. The number of nitrogen functional groups attached to an aromatic ring is 1. The van der Waals surface area contributed by atoms with E-state index in [0.29, 0.717) is 23.3 Å². The van der Waals surface area contributed by atoms with E-state index in [4.69, 9.17) is 5.73 Å². The van der Waals surface area contributed by atoms with Gasteiger partial charge < -0.3 is 10.7 Å². The Morgan fingerprint density at radius 1 is 1.20 bits per heavy atom. The molecule has 0 aliphatic heterocycles. The first-order valence-electron chi connectivity index (χ1n) is 5.20. The van der Waals surface area contributed by atoms with Crippen LogP contribution in [0.15, 0.2) is 12.1 Å². The van der Waals surface area contributed by atoms with Crippen LogP contribution in [0.3, 0.4) is 0 Å². The summed E-state index contributed by atoms with van der Waals surface area (Å²) in [6, 6.07) is 3.70. The first-order valence-corrected chi connectivity index (χ1v) is 5.20. The number of pyridine rings is 1. The fourth-order valence-electron chi connectivity index (χ4n) is 1.46. The molecule has 0 spiro atoms. The molecule has 0 radical (unpaired) electrons. The number of imidazole rings is 1. The lowest BCUT2D eigenvalue weighted by atomic mass is 9.98. The van der Waals surface area contributed by atoms with Crippen molar-refractivity contribution in [2.45, 2.75) is 26.7 Å². The van der Waals surface area contributed by atoms with Crippen LogP contribution >= 0.6 is 0 Å². The molecule has 0 aliphatic carbocycles. The molecule has 80 valence electrons. The second-order valence-electron chi connectivity index (χ2n) is 4.26.